The number of nitrogens with zero attached hydrogens (tertiary/aromatic N) is 1. The van der Waals surface area contributed by atoms with Crippen LogP contribution in [0.25, 0.3) is 0 Å². The van der Waals surface area contributed by atoms with Gasteiger partial charge in [0.25, 0.3) is 5.69 Å². The second kappa shape index (κ2) is 6.46. The summed E-state index contributed by atoms with van der Waals surface area (Å²) < 4.78 is 0.574. The number of carbonyl (C=O) groups excluding carboxylic acids is 1. The number of halogens is 1. The van der Waals surface area contributed by atoms with E-state index in [0.717, 1.165) is 6.42 Å². The van der Waals surface area contributed by atoms with Crippen LogP contribution in [0.3, 0.4) is 0 Å². The van der Waals surface area contributed by atoms with Gasteiger partial charge in [-0.15, -0.1) is 0 Å². The summed E-state index contributed by atoms with van der Waals surface area (Å²) in [5.41, 5.74) is 5.92. The molecule has 1 atom stereocenters. The average Bonchev–Trinajstić information content (AvgIpc) is 2.31. The topological polar surface area (TPSA) is 98.3 Å². The Morgan fingerprint density at radius 2 is 2.28 bits per heavy atom. The molecule has 1 aromatic carbocycles. The minimum Gasteiger partial charge on any atom is -0.323 e. The molecule has 6 nitrogen and oxygen atoms in total. The monoisotopic (exact) mass is 315 g/mol. The number of benzene rings is 1. The lowest BCUT2D eigenvalue weighted by atomic mass is 10.1. The molecule has 1 amide bonds. The lowest BCUT2D eigenvalue weighted by molar-refractivity contribution is -0.384. The zero-order chi connectivity index (χ0) is 13.7. The van der Waals surface area contributed by atoms with E-state index in [1.165, 1.54) is 18.2 Å². The zero-order valence-corrected chi connectivity index (χ0v) is 11.4. The number of hydrogen-bond acceptors (Lipinski definition) is 4. The summed E-state index contributed by atoms with van der Waals surface area (Å²) in [5.74, 6) is -0.349. The number of nitro groups is 1. The first-order chi connectivity index (χ1) is 8.45. The molecule has 0 heterocycles. The van der Waals surface area contributed by atoms with Gasteiger partial charge in [-0.2, -0.15) is 0 Å². The minimum atomic E-state index is -0.610. The van der Waals surface area contributed by atoms with Crippen LogP contribution in [0, 0.1) is 10.1 Å². The van der Waals surface area contributed by atoms with Gasteiger partial charge in [-0.25, -0.2) is 0 Å². The number of hydrogen-bond donors (Lipinski definition) is 2. The average molecular weight is 316 g/mol. The van der Waals surface area contributed by atoms with Gasteiger partial charge in [0.2, 0.25) is 5.91 Å². The van der Waals surface area contributed by atoms with E-state index in [9.17, 15) is 14.9 Å². The van der Waals surface area contributed by atoms with Crippen LogP contribution in [0.1, 0.15) is 19.8 Å². The molecule has 0 spiro atoms. The maximum Gasteiger partial charge on any atom is 0.271 e. The van der Waals surface area contributed by atoms with Crippen LogP contribution in [-0.2, 0) is 4.79 Å². The number of anilines is 1. The van der Waals surface area contributed by atoms with Gasteiger partial charge in [0.05, 0.1) is 16.7 Å². The van der Waals surface area contributed by atoms with Crippen molar-refractivity contribution in [2.24, 2.45) is 5.73 Å². The van der Waals surface area contributed by atoms with Crippen molar-refractivity contribution >= 4 is 33.2 Å². The van der Waals surface area contributed by atoms with Crippen LogP contribution < -0.4 is 11.1 Å². The largest absolute Gasteiger partial charge is 0.323 e. The van der Waals surface area contributed by atoms with Crippen molar-refractivity contribution in [2.45, 2.75) is 25.8 Å². The highest BCUT2D eigenvalue weighted by Crippen LogP contribution is 2.27. The van der Waals surface area contributed by atoms with Crippen molar-refractivity contribution in [3.05, 3.63) is 32.8 Å². The van der Waals surface area contributed by atoms with Crippen molar-refractivity contribution in [3.63, 3.8) is 0 Å². The fraction of sp³-hybridized carbons (Fsp3) is 0.364. The van der Waals surface area contributed by atoms with Crippen molar-refractivity contribution in [1.82, 2.24) is 0 Å². The summed E-state index contributed by atoms with van der Waals surface area (Å²) >= 11 is 3.22. The molecule has 0 unspecified atom stereocenters. The van der Waals surface area contributed by atoms with E-state index in [0.29, 0.717) is 16.6 Å². The Morgan fingerprint density at radius 1 is 1.61 bits per heavy atom. The Hall–Kier alpha value is -1.47. The molecule has 0 saturated heterocycles. The fourth-order valence-electron chi connectivity index (χ4n) is 1.39. The van der Waals surface area contributed by atoms with E-state index in [1.54, 1.807) is 0 Å². The van der Waals surface area contributed by atoms with Crippen molar-refractivity contribution in [1.29, 1.82) is 0 Å². The number of nitro benzene ring substituents is 1. The van der Waals surface area contributed by atoms with E-state index in [1.807, 2.05) is 6.92 Å². The summed E-state index contributed by atoms with van der Waals surface area (Å²) in [5, 5.41) is 13.2. The van der Waals surface area contributed by atoms with Gasteiger partial charge < -0.3 is 11.1 Å². The number of carbonyl (C=O) groups is 1. The smallest absolute Gasteiger partial charge is 0.271 e. The minimum absolute atomic E-state index is 0.0856. The first-order valence-electron chi connectivity index (χ1n) is 5.46. The molecule has 0 aliphatic rings. The maximum absolute atomic E-state index is 11.7. The summed E-state index contributed by atoms with van der Waals surface area (Å²) in [7, 11) is 0. The molecule has 0 fully saturated rings. The number of non-ortho nitro benzene ring substituents is 1. The zero-order valence-electron chi connectivity index (χ0n) is 9.85. The molecule has 1 aromatic rings. The van der Waals surface area contributed by atoms with Gasteiger partial charge in [-0.3, -0.25) is 14.9 Å². The SMILES string of the molecule is CCC[C@H](N)C(=O)Nc1cc([N+](=O)[O-])ccc1Br. The third-order valence-electron chi connectivity index (χ3n) is 2.36. The first-order valence-corrected chi connectivity index (χ1v) is 6.25. The standard InChI is InChI=1S/C11H14BrN3O3/c1-2-3-9(13)11(16)14-10-6-7(15(17)18)4-5-8(10)12/h4-6,9H,2-3,13H2,1H3,(H,14,16)/t9-/m0/s1. The lowest BCUT2D eigenvalue weighted by Gasteiger charge is -2.12. The van der Waals surface area contributed by atoms with Crippen molar-refractivity contribution < 1.29 is 9.72 Å². The Morgan fingerprint density at radius 3 is 2.83 bits per heavy atom. The highest BCUT2D eigenvalue weighted by molar-refractivity contribution is 9.10. The van der Waals surface area contributed by atoms with E-state index in [2.05, 4.69) is 21.2 Å². The van der Waals surface area contributed by atoms with Gasteiger partial charge in [-0.1, -0.05) is 13.3 Å². The summed E-state index contributed by atoms with van der Waals surface area (Å²) in [6.45, 7) is 1.93. The molecular weight excluding hydrogens is 302 g/mol. The van der Waals surface area contributed by atoms with E-state index >= 15 is 0 Å². The molecule has 0 radical (unpaired) electrons. The Balaban J connectivity index is 2.86. The second-order valence-electron chi connectivity index (χ2n) is 3.81. The van der Waals surface area contributed by atoms with Crippen LogP contribution in [-0.4, -0.2) is 16.9 Å². The van der Waals surface area contributed by atoms with Crippen LogP contribution >= 0.6 is 15.9 Å². The van der Waals surface area contributed by atoms with Gasteiger partial charge in [0.1, 0.15) is 0 Å². The van der Waals surface area contributed by atoms with Crippen LogP contribution in [0.5, 0.6) is 0 Å². The summed E-state index contributed by atoms with van der Waals surface area (Å²) in [4.78, 5) is 21.8. The molecule has 18 heavy (non-hydrogen) atoms. The third kappa shape index (κ3) is 3.78. The normalized spacial score (nSPS) is 11.9. The van der Waals surface area contributed by atoms with Crippen LogP contribution in [0.2, 0.25) is 0 Å². The Kier molecular flexibility index (Phi) is 5.24. The highest BCUT2D eigenvalue weighted by atomic mass is 79.9. The molecule has 0 bridgehead atoms. The molecule has 1 rings (SSSR count). The van der Waals surface area contributed by atoms with E-state index < -0.39 is 11.0 Å². The maximum atomic E-state index is 11.7. The molecule has 98 valence electrons. The molecule has 0 aliphatic carbocycles. The Bertz CT molecular complexity index is 465. The number of amides is 1. The number of nitrogens with one attached hydrogen (secondary N) is 1. The molecular formula is C11H14BrN3O3. The second-order valence-corrected chi connectivity index (χ2v) is 4.66. The van der Waals surface area contributed by atoms with Gasteiger partial charge >= 0.3 is 0 Å². The van der Waals surface area contributed by atoms with Crippen molar-refractivity contribution in [3.8, 4) is 0 Å². The number of rotatable bonds is 5. The predicted octanol–water partition coefficient (Wildman–Crippen LogP) is 2.42. The van der Waals surface area contributed by atoms with Gasteiger partial charge in [0, 0.05) is 16.6 Å². The fourth-order valence-corrected chi connectivity index (χ4v) is 1.74. The molecule has 7 heteroatoms. The summed E-state index contributed by atoms with van der Waals surface area (Å²) in [6.07, 6.45) is 1.36. The van der Waals surface area contributed by atoms with E-state index in [4.69, 9.17) is 5.73 Å². The molecule has 0 aliphatic heterocycles. The van der Waals surface area contributed by atoms with Crippen LogP contribution in [0.15, 0.2) is 22.7 Å². The summed E-state index contributed by atoms with van der Waals surface area (Å²) in [6, 6.07) is 3.55. The van der Waals surface area contributed by atoms with E-state index in [-0.39, 0.29) is 11.6 Å². The Labute approximate surface area is 113 Å². The van der Waals surface area contributed by atoms with Gasteiger partial charge in [0.15, 0.2) is 0 Å². The quantitative estimate of drug-likeness (QED) is 0.644. The first kappa shape index (κ1) is 14.6. The lowest BCUT2D eigenvalue weighted by Crippen LogP contribution is -2.35. The van der Waals surface area contributed by atoms with Gasteiger partial charge in [-0.05, 0) is 28.4 Å². The third-order valence-corrected chi connectivity index (χ3v) is 3.05. The number of nitrogens with two attached hydrogens (primary N) is 1. The highest BCUT2D eigenvalue weighted by Gasteiger charge is 2.16. The van der Waals surface area contributed by atoms with Crippen LogP contribution in [0.4, 0.5) is 11.4 Å². The molecule has 0 aromatic heterocycles. The molecule has 3 N–H and O–H groups in total. The predicted molar refractivity (Wildman–Crippen MR) is 72.3 cm³/mol. The van der Waals surface area contributed by atoms with Crippen molar-refractivity contribution in [2.75, 3.05) is 5.32 Å². The molecule has 0 saturated carbocycles.